The number of amides is 1. The summed E-state index contributed by atoms with van der Waals surface area (Å²) in [6.07, 6.45) is 2.50. The van der Waals surface area contributed by atoms with Crippen LogP contribution in [0.1, 0.15) is 24.1 Å². The van der Waals surface area contributed by atoms with Crippen molar-refractivity contribution < 1.29 is 9.53 Å². The average Bonchev–Trinajstić information content (AvgIpc) is 3.17. The van der Waals surface area contributed by atoms with Gasteiger partial charge < -0.3 is 10.1 Å². The molecule has 6 nitrogen and oxygen atoms in total. The zero-order chi connectivity index (χ0) is 18.4. The largest absolute Gasteiger partial charge is 0.481 e. The van der Waals surface area contributed by atoms with Crippen molar-refractivity contribution in [3.05, 3.63) is 78.4 Å². The second-order valence-corrected chi connectivity index (χ2v) is 6.16. The second-order valence-electron chi connectivity index (χ2n) is 6.16. The van der Waals surface area contributed by atoms with Crippen molar-refractivity contribution in [2.24, 2.45) is 0 Å². The van der Waals surface area contributed by atoms with Crippen LogP contribution >= 0.6 is 0 Å². The van der Waals surface area contributed by atoms with Crippen LogP contribution in [-0.4, -0.2) is 26.8 Å². The van der Waals surface area contributed by atoms with Crippen LogP contribution in [0, 0.1) is 6.92 Å². The summed E-state index contributed by atoms with van der Waals surface area (Å²) in [7, 11) is 0. The Bertz CT molecular complexity index is 817. The maximum absolute atomic E-state index is 12.6. The first-order valence-electron chi connectivity index (χ1n) is 8.53. The van der Waals surface area contributed by atoms with Gasteiger partial charge in [0.15, 0.2) is 6.10 Å². The fourth-order valence-electron chi connectivity index (χ4n) is 2.60. The lowest BCUT2D eigenvalue weighted by Crippen LogP contribution is -2.40. The predicted molar refractivity (Wildman–Crippen MR) is 98.6 cm³/mol. The molecular formula is C20H22N4O2. The molecule has 26 heavy (non-hydrogen) atoms. The van der Waals surface area contributed by atoms with Gasteiger partial charge in [-0.15, -0.1) is 0 Å². The Morgan fingerprint density at radius 2 is 1.88 bits per heavy atom. The van der Waals surface area contributed by atoms with Crippen LogP contribution < -0.4 is 10.1 Å². The van der Waals surface area contributed by atoms with Gasteiger partial charge in [0, 0.05) is 0 Å². The molecule has 3 aromatic rings. The number of hydrogen-bond acceptors (Lipinski definition) is 4. The van der Waals surface area contributed by atoms with E-state index in [2.05, 4.69) is 15.4 Å². The van der Waals surface area contributed by atoms with Gasteiger partial charge in [-0.2, -0.15) is 5.10 Å². The number of hydrogen-bond donors (Lipinski definition) is 1. The van der Waals surface area contributed by atoms with E-state index in [4.69, 9.17) is 4.74 Å². The molecule has 2 atom stereocenters. The van der Waals surface area contributed by atoms with E-state index in [1.54, 1.807) is 17.9 Å². The van der Waals surface area contributed by atoms with Crippen LogP contribution in [0.3, 0.4) is 0 Å². The van der Waals surface area contributed by atoms with E-state index >= 15 is 0 Å². The van der Waals surface area contributed by atoms with Crippen LogP contribution in [-0.2, 0) is 11.3 Å². The molecule has 2 aromatic carbocycles. The molecule has 134 valence electrons. The molecular weight excluding hydrogens is 328 g/mol. The van der Waals surface area contributed by atoms with Crippen molar-refractivity contribution in [1.29, 1.82) is 0 Å². The Morgan fingerprint density at radius 1 is 1.15 bits per heavy atom. The normalized spacial score (nSPS) is 13.0. The van der Waals surface area contributed by atoms with Crippen molar-refractivity contribution >= 4 is 5.91 Å². The van der Waals surface area contributed by atoms with Gasteiger partial charge in [-0.05, 0) is 31.5 Å². The number of carbonyl (C=O) groups excluding carboxylic acids is 1. The van der Waals surface area contributed by atoms with Crippen molar-refractivity contribution in [2.75, 3.05) is 0 Å². The number of benzene rings is 2. The molecule has 0 aliphatic heterocycles. The summed E-state index contributed by atoms with van der Waals surface area (Å²) in [5.41, 5.74) is 2.14. The van der Waals surface area contributed by atoms with E-state index in [9.17, 15) is 4.79 Å². The number of nitrogens with one attached hydrogen (secondary N) is 1. The molecule has 0 spiro atoms. The first-order chi connectivity index (χ1) is 12.6. The van der Waals surface area contributed by atoms with Crippen molar-refractivity contribution in [3.8, 4) is 5.75 Å². The highest BCUT2D eigenvalue weighted by Gasteiger charge is 2.21. The van der Waals surface area contributed by atoms with Crippen LogP contribution in [0.15, 0.2) is 67.3 Å². The van der Waals surface area contributed by atoms with E-state index in [1.165, 1.54) is 6.33 Å². The summed E-state index contributed by atoms with van der Waals surface area (Å²) in [5, 5.41) is 7.18. The van der Waals surface area contributed by atoms with Gasteiger partial charge in [-0.3, -0.25) is 9.48 Å². The summed E-state index contributed by atoms with van der Waals surface area (Å²) >= 11 is 0. The number of ether oxygens (including phenoxy) is 1. The Balaban J connectivity index is 1.68. The molecule has 2 unspecified atom stereocenters. The van der Waals surface area contributed by atoms with Gasteiger partial charge >= 0.3 is 0 Å². The Kier molecular flexibility index (Phi) is 5.63. The number of aromatic nitrogens is 3. The maximum Gasteiger partial charge on any atom is 0.261 e. The fourth-order valence-corrected chi connectivity index (χ4v) is 2.60. The number of aryl methyl sites for hydroxylation is 1. The van der Waals surface area contributed by atoms with E-state index in [-0.39, 0.29) is 11.9 Å². The summed E-state index contributed by atoms with van der Waals surface area (Å²) in [6.45, 7) is 4.24. The maximum atomic E-state index is 12.6. The zero-order valence-corrected chi connectivity index (χ0v) is 14.9. The Labute approximate surface area is 152 Å². The highest BCUT2D eigenvalue weighted by atomic mass is 16.5. The summed E-state index contributed by atoms with van der Waals surface area (Å²) < 4.78 is 7.45. The predicted octanol–water partition coefficient (Wildman–Crippen LogP) is 2.91. The van der Waals surface area contributed by atoms with Crippen LogP contribution in [0.4, 0.5) is 0 Å². The molecule has 0 aliphatic rings. The fraction of sp³-hybridized carbons (Fsp3) is 0.250. The molecule has 1 N–H and O–H groups in total. The molecule has 0 aliphatic carbocycles. The molecule has 1 heterocycles. The molecule has 1 amide bonds. The van der Waals surface area contributed by atoms with Gasteiger partial charge in [-0.25, -0.2) is 4.98 Å². The van der Waals surface area contributed by atoms with Crippen LogP contribution in [0.25, 0.3) is 0 Å². The van der Waals surface area contributed by atoms with Crippen molar-refractivity contribution in [1.82, 2.24) is 20.1 Å². The van der Waals surface area contributed by atoms with Gasteiger partial charge in [0.25, 0.3) is 5.91 Å². The third-order valence-corrected chi connectivity index (χ3v) is 4.06. The summed E-state index contributed by atoms with van der Waals surface area (Å²) in [5.74, 6) is 0.491. The smallest absolute Gasteiger partial charge is 0.261 e. The SMILES string of the molecule is Cc1ccc(OC(C)C(=O)NC(Cn2cncn2)c2ccccc2)cc1. The third kappa shape index (κ3) is 4.69. The molecule has 0 saturated carbocycles. The van der Waals surface area contributed by atoms with E-state index in [0.29, 0.717) is 12.3 Å². The second kappa shape index (κ2) is 8.29. The molecule has 0 radical (unpaired) electrons. The van der Waals surface area contributed by atoms with E-state index in [0.717, 1.165) is 11.1 Å². The molecule has 0 fully saturated rings. The molecule has 0 saturated heterocycles. The van der Waals surface area contributed by atoms with Gasteiger partial charge in [-0.1, -0.05) is 48.0 Å². The summed E-state index contributed by atoms with van der Waals surface area (Å²) in [4.78, 5) is 16.6. The van der Waals surface area contributed by atoms with Gasteiger partial charge in [0.2, 0.25) is 0 Å². The lowest BCUT2D eigenvalue weighted by Gasteiger charge is -2.22. The average molecular weight is 350 g/mol. The monoisotopic (exact) mass is 350 g/mol. The Morgan fingerprint density at radius 3 is 2.54 bits per heavy atom. The zero-order valence-electron chi connectivity index (χ0n) is 14.9. The highest BCUT2D eigenvalue weighted by molar-refractivity contribution is 5.81. The quantitative estimate of drug-likeness (QED) is 0.711. The van der Waals surface area contributed by atoms with Gasteiger partial charge in [0.05, 0.1) is 12.6 Å². The minimum absolute atomic E-state index is 0.181. The van der Waals surface area contributed by atoms with Crippen molar-refractivity contribution in [3.63, 3.8) is 0 Å². The van der Waals surface area contributed by atoms with E-state index < -0.39 is 6.10 Å². The molecule has 0 bridgehead atoms. The lowest BCUT2D eigenvalue weighted by atomic mass is 10.1. The number of nitrogens with zero attached hydrogens (tertiary/aromatic N) is 3. The van der Waals surface area contributed by atoms with E-state index in [1.807, 2.05) is 61.5 Å². The standard InChI is InChI=1S/C20H22N4O2/c1-15-8-10-18(11-9-15)26-16(2)20(25)23-19(12-24-14-21-13-22-24)17-6-4-3-5-7-17/h3-11,13-14,16,19H,12H2,1-2H3,(H,23,25). The minimum atomic E-state index is -0.611. The minimum Gasteiger partial charge on any atom is -0.481 e. The van der Waals surface area contributed by atoms with Crippen LogP contribution in [0.5, 0.6) is 5.75 Å². The first-order valence-corrected chi connectivity index (χ1v) is 8.53. The van der Waals surface area contributed by atoms with Crippen molar-refractivity contribution in [2.45, 2.75) is 32.5 Å². The topological polar surface area (TPSA) is 69.0 Å². The first kappa shape index (κ1) is 17.7. The van der Waals surface area contributed by atoms with Crippen LogP contribution in [0.2, 0.25) is 0 Å². The third-order valence-electron chi connectivity index (χ3n) is 4.06. The molecule has 6 heteroatoms. The lowest BCUT2D eigenvalue weighted by molar-refractivity contribution is -0.128. The highest BCUT2D eigenvalue weighted by Crippen LogP contribution is 2.17. The number of rotatable bonds is 7. The summed E-state index contributed by atoms with van der Waals surface area (Å²) in [6, 6.07) is 17.2. The van der Waals surface area contributed by atoms with Gasteiger partial charge in [0.1, 0.15) is 18.4 Å². The number of carbonyl (C=O) groups is 1. The molecule has 1 aromatic heterocycles. The molecule has 3 rings (SSSR count). The Hall–Kier alpha value is -3.15.